The second-order valence-corrected chi connectivity index (χ2v) is 6.57. The van der Waals surface area contributed by atoms with E-state index in [-0.39, 0.29) is 28.8 Å². The summed E-state index contributed by atoms with van der Waals surface area (Å²) in [5, 5.41) is 2.57. The Hall–Kier alpha value is -3.20. The molecule has 1 heterocycles. The molecule has 0 atom stereocenters. The lowest BCUT2D eigenvalue weighted by Gasteiger charge is -2.08. The van der Waals surface area contributed by atoms with Gasteiger partial charge in [0.25, 0.3) is 5.56 Å². The number of carbonyl (C=O) groups excluding carboxylic acids is 1. The third-order valence-electron chi connectivity index (χ3n) is 3.45. The normalized spacial score (nSPS) is 10.5. The Morgan fingerprint density at radius 3 is 2.68 bits per heavy atom. The van der Waals surface area contributed by atoms with Crippen LogP contribution in [0.3, 0.4) is 0 Å². The van der Waals surface area contributed by atoms with Crippen LogP contribution in [0.5, 0.6) is 5.75 Å². The molecule has 0 aliphatic heterocycles. The van der Waals surface area contributed by atoms with Crippen LogP contribution in [0.2, 0.25) is 0 Å². The molecule has 0 saturated heterocycles. The number of H-pyrrole nitrogens is 1. The van der Waals surface area contributed by atoms with Gasteiger partial charge in [0.2, 0.25) is 5.91 Å². The zero-order valence-corrected chi connectivity index (χ0v) is 15.3. The Bertz CT molecular complexity index is 1030. The van der Waals surface area contributed by atoms with Gasteiger partial charge in [0.1, 0.15) is 24.0 Å². The number of nitrogens with zero attached hydrogens (tertiary/aromatic N) is 1. The number of rotatable bonds is 7. The van der Waals surface area contributed by atoms with Crippen molar-refractivity contribution in [2.24, 2.45) is 0 Å². The molecule has 3 rings (SSSR count). The first-order chi connectivity index (χ1) is 13.5. The highest BCUT2D eigenvalue weighted by atomic mass is 32.2. The smallest absolute Gasteiger partial charge is 0.251 e. The van der Waals surface area contributed by atoms with Crippen LogP contribution < -0.4 is 15.6 Å². The molecular weight excluding hydrogens is 388 g/mol. The van der Waals surface area contributed by atoms with Crippen molar-refractivity contribution >= 4 is 23.4 Å². The molecule has 0 radical (unpaired) electrons. The maximum atomic E-state index is 13.6. The van der Waals surface area contributed by atoms with Crippen molar-refractivity contribution in [1.29, 1.82) is 0 Å². The summed E-state index contributed by atoms with van der Waals surface area (Å²) in [4.78, 5) is 30.5. The molecule has 2 aromatic carbocycles. The Kier molecular flexibility index (Phi) is 6.38. The first kappa shape index (κ1) is 19.6. The minimum atomic E-state index is -0.870. The molecular formula is C19H15F2N3O3S. The number of ether oxygens (including phenoxy) is 1. The summed E-state index contributed by atoms with van der Waals surface area (Å²) < 4.78 is 32.0. The zero-order valence-electron chi connectivity index (χ0n) is 14.4. The number of benzene rings is 2. The highest BCUT2D eigenvalue weighted by Gasteiger charge is 2.10. The molecule has 6 nitrogen and oxygen atoms in total. The topological polar surface area (TPSA) is 84.1 Å². The quantitative estimate of drug-likeness (QED) is 0.467. The summed E-state index contributed by atoms with van der Waals surface area (Å²) in [5.74, 6) is -1.61. The largest absolute Gasteiger partial charge is 0.487 e. The van der Waals surface area contributed by atoms with E-state index in [1.807, 2.05) is 18.2 Å². The number of para-hydroxylation sites is 1. The van der Waals surface area contributed by atoms with Crippen molar-refractivity contribution in [2.45, 2.75) is 11.8 Å². The van der Waals surface area contributed by atoms with E-state index in [0.717, 1.165) is 23.9 Å². The van der Waals surface area contributed by atoms with Crippen LogP contribution in [-0.2, 0) is 11.4 Å². The van der Waals surface area contributed by atoms with E-state index in [9.17, 15) is 18.4 Å². The van der Waals surface area contributed by atoms with E-state index in [2.05, 4.69) is 15.3 Å². The standard InChI is InChI=1S/C19H15F2N3O3S/c20-12-6-7-16(15(21)8-12)23-18(26)11-28-19-22-13(9-17(25)24-19)10-27-14-4-2-1-3-5-14/h1-9H,10-11H2,(H,23,26)(H,22,24,25). The summed E-state index contributed by atoms with van der Waals surface area (Å²) in [7, 11) is 0. The monoisotopic (exact) mass is 403 g/mol. The molecule has 144 valence electrons. The molecule has 3 aromatic rings. The fourth-order valence-corrected chi connectivity index (χ4v) is 2.91. The maximum absolute atomic E-state index is 13.6. The molecule has 0 unspecified atom stereocenters. The number of carbonyl (C=O) groups is 1. The number of hydrogen-bond donors (Lipinski definition) is 2. The first-order valence-corrected chi connectivity index (χ1v) is 9.14. The van der Waals surface area contributed by atoms with Gasteiger partial charge in [-0.1, -0.05) is 30.0 Å². The van der Waals surface area contributed by atoms with Gasteiger partial charge in [-0.2, -0.15) is 0 Å². The highest BCUT2D eigenvalue weighted by molar-refractivity contribution is 7.99. The SMILES string of the molecule is O=C(CSc1nc(COc2ccccc2)cc(=O)[nH]1)Nc1ccc(F)cc1F. The number of amides is 1. The van der Waals surface area contributed by atoms with Crippen LogP contribution in [0, 0.1) is 11.6 Å². The molecule has 28 heavy (non-hydrogen) atoms. The van der Waals surface area contributed by atoms with Gasteiger partial charge in [0.15, 0.2) is 5.16 Å². The van der Waals surface area contributed by atoms with Gasteiger partial charge in [-0.3, -0.25) is 9.59 Å². The lowest BCUT2D eigenvalue weighted by molar-refractivity contribution is -0.113. The number of thioether (sulfide) groups is 1. The second kappa shape index (κ2) is 9.14. The van der Waals surface area contributed by atoms with Crippen LogP contribution in [0.25, 0.3) is 0 Å². The Morgan fingerprint density at radius 1 is 1.14 bits per heavy atom. The van der Waals surface area contributed by atoms with Gasteiger partial charge in [-0.05, 0) is 24.3 Å². The van der Waals surface area contributed by atoms with Gasteiger partial charge >= 0.3 is 0 Å². The Labute approximate surface area is 163 Å². The number of halogens is 2. The number of aromatic nitrogens is 2. The number of anilines is 1. The third kappa shape index (κ3) is 5.65. The molecule has 0 aliphatic rings. The minimum Gasteiger partial charge on any atom is -0.487 e. The van der Waals surface area contributed by atoms with Crippen LogP contribution in [0.1, 0.15) is 5.69 Å². The molecule has 0 bridgehead atoms. The number of nitrogens with one attached hydrogen (secondary N) is 2. The molecule has 9 heteroatoms. The zero-order chi connectivity index (χ0) is 19.9. The van der Waals surface area contributed by atoms with Crippen molar-refractivity contribution in [1.82, 2.24) is 9.97 Å². The van der Waals surface area contributed by atoms with Crippen LogP contribution in [-0.4, -0.2) is 21.6 Å². The molecule has 1 amide bonds. The van der Waals surface area contributed by atoms with Crippen molar-refractivity contribution in [3.63, 3.8) is 0 Å². The predicted octanol–water partition coefficient (Wildman–Crippen LogP) is 3.36. The lowest BCUT2D eigenvalue weighted by Crippen LogP contribution is -2.17. The van der Waals surface area contributed by atoms with Crippen LogP contribution >= 0.6 is 11.8 Å². The van der Waals surface area contributed by atoms with Crippen molar-refractivity contribution in [3.05, 3.63) is 82.3 Å². The summed E-state index contributed by atoms with van der Waals surface area (Å²) in [5.41, 5.74) is -0.104. The fraction of sp³-hybridized carbons (Fsp3) is 0.105. The summed E-state index contributed by atoms with van der Waals surface area (Å²) >= 11 is 0.976. The van der Waals surface area contributed by atoms with Crippen molar-refractivity contribution in [2.75, 3.05) is 11.1 Å². The summed E-state index contributed by atoms with van der Waals surface area (Å²) in [6, 6.07) is 13.2. The van der Waals surface area contributed by atoms with Gasteiger partial charge in [0, 0.05) is 12.1 Å². The number of aromatic amines is 1. The van der Waals surface area contributed by atoms with E-state index < -0.39 is 17.5 Å². The fourth-order valence-electron chi connectivity index (χ4n) is 2.21. The van der Waals surface area contributed by atoms with Gasteiger partial charge in [0.05, 0.1) is 17.1 Å². The van der Waals surface area contributed by atoms with Crippen LogP contribution in [0.4, 0.5) is 14.5 Å². The molecule has 2 N–H and O–H groups in total. The average Bonchev–Trinajstić information content (AvgIpc) is 2.67. The third-order valence-corrected chi connectivity index (χ3v) is 4.32. The van der Waals surface area contributed by atoms with E-state index in [4.69, 9.17) is 4.74 Å². The van der Waals surface area contributed by atoms with E-state index in [0.29, 0.717) is 17.5 Å². The Balaban J connectivity index is 1.58. The predicted molar refractivity (Wildman–Crippen MR) is 101 cm³/mol. The van der Waals surface area contributed by atoms with E-state index in [1.165, 1.54) is 6.07 Å². The summed E-state index contributed by atoms with van der Waals surface area (Å²) in [6.07, 6.45) is 0. The maximum Gasteiger partial charge on any atom is 0.251 e. The molecule has 0 fully saturated rings. The molecule has 0 saturated carbocycles. The van der Waals surface area contributed by atoms with Crippen molar-refractivity contribution in [3.8, 4) is 5.75 Å². The lowest BCUT2D eigenvalue weighted by atomic mass is 10.3. The second-order valence-electron chi connectivity index (χ2n) is 5.60. The van der Waals surface area contributed by atoms with E-state index >= 15 is 0 Å². The van der Waals surface area contributed by atoms with Gasteiger partial charge in [-0.15, -0.1) is 0 Å². The molecule has 1 aromatic heterocycles. The minimum absolute atomic E-state index is 0.0917. The van der Waals surface area contributed by atoms with Gasteiger partial charge in [-0.25, -0.2) is 13.8 Å². The van der Waals surface area contributed by atoms with Crippen molar-refractivity contribution < 1.29 is 18.3 Å². The molecule has 0 spiro atoms. The highest BCUT2D eigenvalue weighted by Crippen LogP contribution is 2.17. The summed E-state index contributed by atoms with van der Waals surface area (Å²) in [6.45, 7) is 0.0917. The number of hydrogen-bond acceptors (Lipinski definition) is 5. The van der Waals surface area contributed by atoms with Crippen LogP contribution in [0.15, 0.2) is 64.5 Å². The average molecular weight is 403 g/mol. The van der Waals surface area contributed by atoms with E-state index in [1.54, 1.807) is 12.1 Å². The molecule has 0 aliphatic carbocycles. The van der Waals surface area contributed by atoms with Gasteiger partial charge < -0.3 is 15.0 Å². The first-order valence-electron chi connectivity index (χ1n) is 8.15. The Morgan fingerprint density at radius 2 is 1.93 bits per heavy atom.